The maximum absolute atomic E-state index is 9.82. The number of anilines is 1. The molecule has 0 saturated heterocycles. The average Bonchev–Trinajstić information content (AvgIpc) is 3.16. The molecule has 0 unspecified atom stereocenters. The Balaban J connectivity index is 1.73. The summed E-state index contributed by atoms with van der Waals surface area (Å²) in [4.78, 5) is 9.36. The zero-order valence-corrected chi connectivity index (χ0v) is 17.9. The number of fused-ring (bicyclic) bond motifs is 1. The van der Waals surface area contributed by atoms with E-state index in [9.17, 15) is 10.4 Å². The lowest BCUT2D eigenvalue weighted by molar-refractivity contribution is 0.341. The van der Waals surface area contributed by atoms with E-state index < -0.39 is 0 Å². The second-order valence-electron chi connectivity index (χ2n) is 6.33. The van der Waals surface area contributed by atoms with Crippen molar-refractivity contribution >= 4 is 45.2 Å². The van der Waals surface area contributed by atoms with E-state index in [1.54, 1.807) is 18.3 Å². The lowest BCUT2D eigenvalue weighted by Gasteiger charge is -2.08. The number of nitriles is 1. The van der Waals surface area contributed by atoms with Gasteiger partial charge in [0.05, 0.1) is 33.0 Å². The van der Waals surface area contributed by atoms with Crippen molar-refractivity contribution in [1.29, 1.82) is 5.26 Å². The minimum atomic E-state index is 0.00627. The maximum Gasteiger partial charge on any atom is 0.167 e. The van der Waals surface area contributed by atoms with Crippen LogP contribution in [0.1, 0.15) is 18.1 Å². The Bertz CT molecular complexity index is 1330. The van der Waals surface area contributed by atoms with E-state index in [4.69, 9.17) is 16.3 Å². The normalized spacial score (nSPS) is 11.0. The average molecular weight is 450 g/mol. The quantitative estimate of drug-likeness (QED) is 0.300. The number of phenols is 1. The van der Waals surface area contributed by atoms with Gasteiger partial charge in [0.1, 0.15) is 29.4 Å². The number of aromatic hydroxyl groups is 1. The third-order valence-electron chi connectivity index (χ3n) is 4.37. The molecule has 7 nitrogen and oxygen atoms in total. The van der Waals surface area contributed by atoms with E-state index in [0.717, 1.165) is 10.4 Å². The highest BCUT2D eigenvalue weighted by atomic mass is 35.5. The van der Waals surface area contributed by atoms with Crippen LogP contribution in [0.4, 0.5) is 5.82 Å². The van der Waals surface area contributed by atoms with E-state index in [1.807, 2.05) is 31.2 Å². The van der Waals surface area contributed by atoms with E-state index in [-0.39, 0.29) is 10.8 Å². The Morgan fingerprint density at radius 1 is 1.29 bits per heavy atom. The first kappa shape index (κ1) is 20.6. The molecule has 2 aromatic carbocycles. The summed E-state index contributed by atoms with van der Waals surface area (Å²) in [6.45, 7) is 2.44. The van der Waals surface area contributed by atoms with Crippen molar-refractivity contribution in [2.45, 2.75) is 6.92 Å². The number of phenolic OH excluding ortho intramolecular Hbond substituents is 1. The maximum atomic E-state index is 9.82. The number of benzene rings is 2. The number of hydrogen-bond acceptors (Lipinski definition) is 8. The van der Waals surface area contributed by atoms with Crippen molar-refractivity contribution in [3.8, 4) is 28.0 Å². The van der Waals surface area contributed by atoms with Crippen LogP contribution in [-0.2, 0) is 0 Å². The molecule has 0 bridgehead atoms. The van der Waals surface area contributed by atoms with Crippen LogP contribution in [0.5, 0.6) is 11.5 Å². The molecule has 0 saturated carbocycles. The molecule has 0 aliphatic carbocycles. The first-order valence-corrected chi connectivity index (χ1v) is 10.5. The van der Waals surface area contributed by atoms with Crippen LogP contribution in [-0.4, -0.2) is 27.9 Å². The summed E-state index contributed by atoms with van der Waals surface area (Å²) >= 11 is 7.33. The fourth-order valence-corrected chi connectivity index (χ4v) is 4.35. The molecule has 31 heavy (non-hydrogen) atoms. The van der Waals surface area contributed by atoms with Crippen molar-refractivity contribution in [2.24, 2.45) is 5.10 Å². The van der Waals surface area contributed by atoms with Crippen LogP contribution < -0.4 is 10.2 Å². The Labute approximate surface area is 187 Å². The van der Waals surface area contributed by atoms with Gasteiger partial charge in [-0.3, -0.25) is 5.43 Å². The Morgan fingerprint density at radius 2 is 2.13 bits per heavy atom. The Hall–Kier alpha value is -3.67. The van der Waals surface area contributed by atoms with Crippen molar-refractivity contribution in [3.63, 3.8) is 0 Å². The van der Waals surface area contributed by atoms with Crippen LogP contribution in [0.3, 0.4) is 0 Å². The van der Waals surface area contributed by atoms with Crippen LogP contribution in [0.15, 0.2) is 53.9 Å². The van der Waals surface area contributed by atoms with Crippen molar-refractivity contribution in [2.75, 3.05) is 12.0 Å². The molecule has 0 spiro atoms. The highest BCUT2D eigenvalue weighted by Gasteiger charge is 2.20. The molecule has 2 heterocycles. The lowest BCUT2D eigenvalue weighted by atomic mass is 10.1. The molecular formula is C22H16ClN5O2S. The highest BCUT2D eigenvalue weighted by Crippen LogP contribution is 2.43. The molecule has 9 heteroatoms. The van der Waals surface area contributed by atoms with Gasteiger partial charge in [-0.2, -0.15) is 10.4 Å². The predicted octanol–water partition coefficient (Wildman–Crippen LogP) is 5.43. The minimum absolute atomic E-state index is 0.00627. The molecule has 154 valence electrons. The zero-order valence-electron chi connectivity index (χ0n) is 16.3. The highest BCUT2D eigenvalue weighted by molar-refractivity contribution is 7.23. The third-order valence-corrected chi connectivity index (χ3v) is 5.89. The van der Waals surface area contributed by atoms with E-state index in [0.29, 0.717) is 39.5 Å². The van der Waals surface area contributed by atoms with Gasteiger partial charge in [0.2, 0.25) is 0 Å². The standard InChI is InChI=1S/C22H16ClN5O2S/c1-2-30-18-6-4-3-5-14(18)20-15(10-24)19-21(31-20)22(26-12-25-19)28-27-11-13-7-8-17(29)16(23)9-13/h3-9,11-12,29H,2H2,1H3,(H,25,26,28). The molecule has 2 N–H and O–H groups in total. The van der Waals surface area contributed by atoms with Crippen molar-refractivity contribution in [1.82, 2.24) is 9.97 Å². The van der Waals surface area contributed by atoms with Gasteiger partial charge in [0.15, 0.2) is 5.82 Å². The van der Waals surface area contributed by atoms with Gasteiger partial charge in [0.25, 0.3) is 0 Å². The number of rotatable bonds is 6. The summed E-state index contributed by atoms with van der Waals surface area (Å²) in [6, 6.07) is 14.6. The van der Waals surface area contributed by atoms with Gasteiger partial charge >= 0.3 is 0 Å². The number of ether oxygens (including phenoxy) is 1. The van der Waals surface area contributed by atoms with Gasteiger partial charge in [-0.05, 0) is 42.8 Å². The fraction of sp³-hybridized carbons (Fsp3) is 0.0909. The molecule has 0 fully saturated rings. The minimum Gasteiger partial charge on any atom is -0.506 e. The third kappa shape index (κ3) is 4.14. The first-order chi connectivity index (χ1) is 15.1. The topological polar surface area (TPSA) is 103 Å². The van der Waals surface area contributed by atoms with E-state index >= 15 is 0 Å². The Kier molecular flexibility index (Phi) is 5.98. The number of para-hydroxylation sites is 1. The van der Waals surface area contributed by atoms with Gasteiger partial charge in [0, 0.05) is 5.56 Å². The van der Waals surface area contributed by atoms with E-state index in [1.165, 1.54) is 23.7 Å². The second kappa shape index (κ2) is 9.00. The molecular weight excluding hydrogens is 434 g/mol. The number of hydrazone groups is 1. The zero-order chi connectivity index (χ0) is 21.8. The molecule has 0 amide bonds. The van der Waals surface area contributed by atoms with Crippen LogP contribution in [0, 0.1) is 11.3 Å². The van der Waals surface area contributed by atoms with Gasteiger partial charge < -0.3 is 9.84 Å². The fourth-order valence-electron chi connectivity index (χ4n) is 2.99. The van der Waals surface area contributed by atoms with Crippen LogP contribution in [0.2, 0.25) is 5.02 Å². The summed E-state index contributed by atoms with van der Waals surface area (Å²) in [5.74, 6) is 1.19. The number of aromatic nitrogens is 2. The SMILES string of the molecule is CCOc1ccccc1-c1sc2c(NN=Cc3ccc(O)c(Cl)c3)ncnc2c1C#N. The second-order valence-corrected chi connectivity index (χ2v) is 7.76. The molecule has 0 atom stereocenters. The molecule has 0 radical (unpaired) electrons. The number of hydrogen-bond donors (Lipinski definition) is 2. The van der Waals surface area contributed by atoms with Crippen molar-refractivity contribution in [3.05, 3.63) is 64.9 Å². The summed E-state index contributed by atoms with van der Waals surface area (Å²) in [5.41, 5.74) is 5.46. The van der Waals surface area contributed by atoms with E-state index in [2.05, 4.69) is 26.6 Å². The largest absolute Gasteiger partial charge is 0.506 e. The molecule has 4 rings (SSSR count). The van der Waals surface area contributed by atoms with Gasteiger partial charge in [-0.1, -0.05) is 23.7 Å². The molecule has 4 aromatic rings. The molecule has 0 aliphatic rings. The number of nitrogens with one attached hydrogen (secondary N) is 1. The Morgan fingerprint density at radius 3 is 2.90 bits per heavy atom. The number of thiophene rings is 1. The van der Waals surface area contributed by atoms with Gasteiger partial charge in [-0.15, -0.1) is 11.3 Å². The number of nitrogens with zero attached hydrogens (tertiary/aromatic N) is 4. The smallest absolute Gasteiger partial charge is 0.167 e. The van der Waals surface area contributed by atoms with Gasteiger partial charge in [-0.25, -0.2) is 9.97 Å². The van der Waals surface area contributed by atoms with Crippen LogP contribution >= 0.6 is 22.9 Å². The monoisotopic (exact) mass is 449 g/mol. The lowest BCUT2D eigenvalue weighted by Crippen LogP contribution is -1.95. The summed E-state index contributed by atoms with van der Waals surface area (Å²) in [5, 5.41) is 23.8. The molecule has 0 aliphatic heterocycles. The predicted molar refractivity (Wildman–Crippen MR) is 123 cm³/mol. The van der Waals surface area contributed by atoms with Crippen molar-refractivity contribution < 1.29 is 9.84 Å². The molecule has 2 aromatic heterocycles. The number of halogens is 1. The summed E-state index contributed by atoms with van der Waals surface area (Å²) in [6.07, 6.45) is 2.95. The summed E-state index contributed by atoms with van der Waals surface area (Å²) in [7, 11) is 0. The summed E-state index contributed by atoms with van der Waals surface area (Å²) < 4.78 is 6.45. The first-order valence-electron chi connectivity index (χ1n) is 9.29. The van der Waals surface area contributed by atoms with Crippen LogP contribution in [0.25, 0.3) is 20.7 Å².